The van der Waals surface area contributed by atoms with Crippen LogP contribution in [0.25, 0.3) is 10.2 Å². The van der Waals surface area contributed by atoms with E-state index in [-0.39, 0.29) is 18.0 Å². The Kier molecular flexibility index (Phi) is 5.91. The van der Waals surface area contributed by atoms with Gasteiger partial charge in [0.1, 0.15) is 5.01 Å². The molecule has 3 rings (SSSR count). The van der Waals surface area contributed by atoms with Gasteiger partial charge in [0.15, 0.2) is 0 Å². The Morgan fingerprint density at radius 3 is 2.73 bits per heavy atom. The lowest BCUT2D eigenvalue weighted by Gasteiger charge is -2.24. The molecule has 0 fully saturated rings. The van der Waals surface area contributed by atoms with Gasteiger partial charge >= 0.3 is 0 Å². The van der Waals surface area contributed by atoms with E-state index in [0.29, 0.717) is 11.6 Å². The van der Waals surface area contributed by atoms with E-state index in [1.807, 2.05) is 63.4 Å². The number of para-hydroxylation sites is 1. The number of amides is 1. The number of fused-ring (bicyclic) bond motifs is 1. The normalized spacial score (nSPS) is 13.5. The second kappa shape index (κ2) is 8.16. The molecule has 2 unspecified atom stereocenters. The molecule has 0 aliphatic rings. The topological polar surface area (TPSA) is 45.2 Å². The van der Waals surface area contributed by atoms with Gasteiger partial charge in [-0.15, -0.1) is 11.3 Å². The van der Waals surface area contributed by atoms with E-state index in [0.717, 1.165) is 20.8 Å². The molecule has 136 valence electrons. The third-order valence-corrected chi connectivity index (χ3v) is 5.56. The number of carbonyl (C=O) groups excluding carboxylic acids is 1. The van der Waals surface area contributed by atoms with E-state index < -0.39 is 0 Å². The van der Waals surface area contributed by atoms with Crippen molar-refractivity contribution in [2.24, 2.45) is 0 Å². The number of aromatic nitrogens is 1. The van der Waals surface area contributed by atoms with Crippen LogP contribution in [0.4, 0.5) is 0 Å². The van der Waals surface area contributed by atoms with Crippen LogP contribution < -0.4 is 5.32 Å². The van der Waals surface area contributed by atoms with Crippen molar-refractivity contribution in [1.29, 1.82) is 0 Å². The van der Waals surface area contributed by atoms with Crippen molar-refractivity contribution in [1.82, 2.24) is 15.2 Å². The van der Waals surface area contributed by atoms with Crippen molar-refractivity contribution in [2.45, 2.75) is 32.5 Å². The average molecular weight is 388 g/mol. The minimum Gasteiger partial charge on any atom is -0.338 e. The quantitative estimate of drug-likeness (QED) is 0.669. The number of carbonyl (C=O) groups is 1. The molecule has 0 bridgehead atoms. The fraction of sp³-hybridized carbons (Fsp3) is 0.300. The van der Waals surface area contributed by atoms with Gasteiger partial charge < -0.3 is 4.90 Å². The van der Waals surface area contributed by atoms with Crippen LogP contribution in [0.15, 0.2) is 48.5 Å². The predicted octanol–water partition coefficient (Wildman–Crippen LogP) is 4.65. The first-order valence-corrected chi connectivity index (χ1v) is 9.74. The first-order chi connectivity index (χ1) is 12.4. The van der Waals surface area contributed by atoms with E-state index in [2.05, 4.69) is 16.4 Å². The summed E-state index contributed by atoms with van der Waals surface area (Å²) < 4.78 is 1.14. The van der Waals surface area contributed by atoms with Crippen LogP contribution >= 0.6 is 22.9 Å². The molecular weight excluding hydrogens is 366 g/mol. The van der Waals surface area contributed by atoms with Crippen molar-refractivity contribution in [3.05, 3.63) is 64.1 Å². The smallest absolute Gasteiger partial charge is 0.239 e. The van der Waals surface area contributed by atoms with Gasteiger partial charge in [-0.1, -0.05) is 35.9 Å². The molecule has 0 spiro atoms. The summed E-state index contributed by atoms with van der Waals surface area (Å²) in [6, 6.07) is 15.4. The van der Waals surface area contributed by atoms with Crippen LogP contribution in [0.2, 0.25) is 5.02 Å². The number of rotatable bonds is 6. The fourth-order valence-electron chi connectivity index (χ4n) is 2.92. The zero-order chi connectivity index (χ0) is 18.7. The van der Waals surface area contributed by atoms with Gasteiger partial charge in [-0.25, -0.2) is 4.98 Å². The fourth-order valence-corrected chi connectivity index (χ4v) is 4.14. The Hall–Kier alpha value is -1.95. The molecule has 0 saturated carbocycles. The van der Waals surface area contributed by atoms with Crippen molar-refractivity contribution < 1.29 is 4.79 Å². The van der Waals surface area contributed by atoms with Crippen molar-refractivity contribution in [3.8, 4) is 0 Å². The van der Waals surface area contributed by atoms with Gasteiger partial charge in [0.2, 0.25) is 5.91 Å². The Bertz CT molecular complexity index is 878. The highest BCUT2D eigenvalue weighted by atomic mass is 35.5. The Morgan fingerprint density at radius 1 is 1.23 bits per heavy atom. The minimum absolute atomic E-state index is 0.0310. The molecule has 1 N–H and O–H groups in total. The third kappa shape index (κ3) is 4.41. The summed E-state index contributed by atoms with van der Waals surface area (Å²) in [5.74, 6) is 0.0399. The molecule has 1 amide bonds. The maximum Gasteiger partial charge on any atom is 0.239 e. The Labute approximate surface area is 162 Å². The zero-order valence-corrected chi connectivity index (χ0v) is 16.6. The largest absolute Gasteiger partial charge is 0.338 e. The summed E-state index contributed by atoms with van der Waals surface area (Å²) in [6.45, 7) is 4.43. The van der Waals surface area contributed by atoms with Crippen molar-refractivity contribution >= 4 is 39.1 Å². The Balaban J connectivity index is 1.61. The standard InChI is InChI=1S/C20H22ClN3OS/c1-13(15-7-6-8-16(21)11-15)22-14(2)20(25)24(3)12-19-23-17-9-4-5-10-18(17)26-19/h4-11,13-14,22H,12H2,1-3H3. The number of benzene rings is 2. The summed E-state index contributed by atoms with van der Waals surface area (Å²) >= 11 is 7.68. The summed E-state index contributed by atoms with van der Waals surface area (Å²) in [7, 11) is 1.82. The number of thiazole rings is 1. The van der Waals surface area contributed by atoms with E-state index in [1.54, 1.807) is 16.2 Å². The van der Waals surface area contributed by atoms with Crippen LogP contribution in [0.5, 0.6) is 0 Å². The highest BCUT2D eigenvalue weighted by molar-refractivity contribution is 7.18. The van der Waals surface area contributed by atoms with Gasteiger partial charge in [-0.05, 0) is 43.7 Å². The maximum absolute atomic E-state index is 12.7. The van der Waals surface area contributed by atoms with Gasteiger partial charge in [0.25, 0.3) is 0 Å². The second-order valence-corrected chi connectivity index (χ2v) is 7.99. The first-order valence-electron chi connectivity index (χ1n) is 8.55. The van der Waals surface area contributed by atoms with Gasteiger partial charge in [-0.2, -0.15) is 0 Å². The number of likely N-dealkylation sites (N-methyl/N-ethyl adjacent to an activating group) is 1. The second-order valence-electron chi connectivity index (χ2n) is 6.43. The zero-order valence-electron chi connectivity index (χ0n) is 15.1. The molecule has 26 heavy (non-hydrogen) atoms. The molecule has 2 atom stereocenters. The monoisotopic (exact) mass is 387 g/mol. The molecule has 1 aromatic heterocycles. The summed E-state index contributed by atoms with van der Waals surface area (Å²) in [5.41, 5.74) is 2.04. The van der Waals surface area contributed by atoms with E-state index >= 15 is 0 Å². The van der Waals surface area contributed by atoms with Crippen LogP contribution in [-0.2, 0) is 11.3 Å². The van der Waals surface area contributed by atoms with Crippen LogP contribution in [0.1, 0.15) is 30.5 Å². The highest BCUT2D eigenvalue weighted by Gasteiger charge is 2.21. The van der Waals surface area contributed by atoms with E-state index in [1.165, 1.54) is 0 Å². The third-order valence-electron chi connectivity index (χ3n) is 4.31. The molecule has 4 nitrogen and oxygen atoms in total. The molecule has 1 heterocycles. The maximum atomic E-state index is 12.7. The number of nitrogens with zero attached hydrogens (tertiary/aromatic N) is 2. The molecule has 3 aromatic rings. The molecule has 0 saturated heterocycles. The average Bonchev–Trinajstić information content (AvgIpc) is 3.03. The van der Waals surface area contributed by atoms with Gasteiger partial charge in [0.05, 0.1) is 22.8 Å². The summed E-state index contributed by atoms with van der Waals surface area (Å²) in [5, 5.41) is 4.99. The van der Waals surface area contributed by atoms with Crippen LogP contribution in [-0.4, -0.2) is 28.9 Å². The summed E-state index contributed by atoms with van der Waals surface area (Å²) in [4.78, 5) is 19.0. The van der Waals surface area contributed by atoms with E-state index in [4.69, 9.17) is 11.6 Å². The number of hydrogen-bond donors (Lipinski definition) is 1. The first kappa shape index (κ1) is 18.8. The predicted molar refractivity (Wildman–Crippen MR) is 109 cm³/mol. The van der Waals surface area contributed by atoms with Crippen LogP contribution in [0.3, 0.4) is 0 Å². The lowest BCUT2D eigenvalue weighted by Crippen LogP contribution is -2.43. The molecule has 2 aromatic carbocycles. The lowest BCUT2D eigenvalue weighted by molar-refractivity contribution is -0.132. The van der Waals surface area contributed by atoms with Crippen LogP contribution in [0, 0.1) is 0 Å². The molecule has 0 aliphatic carbocycles. The molecule has 0 aliphatic heterocycles. The number of hydrogen-bond acceptors (Lipinski definition) is 4. The minimum atomic E-state index is -0.302. The Morgan fingerprint density at radius 2 is 2.00 bits per heavy atom. The molecule has 6 heteroatoms. The molecule has 0 radical (unpaired) electrons. The summed E-state index contributed by atoms with van der Waals surface area (Å²) in [6.07, 6.45) is 0. The molecular formula is C20H22ClN3OS. The van der Waals surface area contributed by atoms with Gasteiger partial charge in [0, 0.05) is 18.1 Å². The van der Waals surface area contributed by atoms with Gasteiger partial charge in [-0.3, -0.25) is 10.1 Å². The SMILES string of the molecule is CC(NC(C)c1cccc(Cl)c1)C(=O)N(C)Cc1nc2ccccc2s1. The number of nitrogens with one attached hydrogen (secondary N) is 1. The van der Waals surface area contributed by atoms with Crippen molar-refractivity contribution in [3.63, 3.8) is 0 Å². The highest BCUT2D eigenvalue weighted by Crippen LogP contribution is 2.23. The van der Waals surface area contributed by atoms with E-state index in [9.17, 15) is 4.79 Å². The lowest BCUT2D eigenvalue weighted by atomic mass is 10.1. The van der Waals surface area contributed by atoms with Crippen molar-refractivity contribution in [2.75, 3.05) is 7.05 Å². The number of halogens is 1.